The molecule has 3 atom stereocenters. The quantitative estimate of drug-likeness (QED) is 0.287. The summed E-state index contributed by atoms with van der Waals surface area (Å²) in [6.45, 7) is 2.94. The van der Waals surface area contributed by atoms with Crippen LogP contribution in [0.15, 0.2) is 0 Å². The highest BCUT2D eigenvalue weighted by Gasteiger charge is 2.54. The summed E-state index contributed by atoms with van der Waals surface area (Å²) in [5.41, 5.74) is -0.832. The first-order valence-corrected chi connectivity index (χ1v) is 9.36. The fourth-order valence-electron chi connectivity index (χ4n) is 2.55. The molecule has 148 valence electrons. The van der Waals surface area contributed by atoms with Crippen LogP contribution in [0, 0.1) is 5.92 Å². The third kappa shape index (κ3) is 5.55. The van der Waals surface area contributed by atoms with E-state index in [0.717, 1.165) is 6.42 Å². The lowest BCUT2D eigenvalue weighted by Gasteiger charge is -2.41. The number of rotatable bonds is 10. The van der Waals surface area contributed by atoms with Gasteiger partial charge in [0.2, 0.25) is 0 Å². The smallest absolute Gasteiger partial charge is 0.426 e. The Balaban J connectivity index is 2.47. The molecule has 0 bridgehead atoms. The Morgan fingerprint density at radius 2 is 1.84 bits per heavy atom. The number of ether oxygens (including phenoxy) is 2. The van der Waals surface area contributed by atoms with Crippen LogP contribution in [0.1, 0.15) is 46.0 Å². The van der Waals surface area contributed by atoms with Gasteiger partial charge in [0.1, 0.15) is 6.61 Å². The Morgan fingerprint density at radius 1 is 1.28 bits per heavy atom. The highest BCUT2D eigenvalue weighted by molar-refractivity contribution is 7.86. The zero-order chi connectivity index (χ0) is 19.5. The minimum Gasteiger partial charge on any atom is -0.426 e. The number of esters is 1. The van der Waals surface area contributed by atoms with Crippen LogP contribution in [-0.2, 0) is 24.4 Å². The van der Waals surface area contributed by atoms with Gasteiger partial charge in [-0.3, -0.25) is 4.55 Å². The minimum atomic E-state index is -5.94. The SMILES string of the molecule is CCC(O)(CC)CC1CCC1OCC(=O)OC(O)C(F)(F)S(=O)(=O)O. The molecule has 1 saturated carbocycles. The minimum absolute atomic E-state index is 0.00174. The molecule has 1 rings (SSSR count). The van der Waals surface area contributed by atoms with Gasteiger partial charge >= 0.3 is 21.3 Å². The largest absolute Gasteiger partial charge is 0.430 e. The Morgan fingerprint density at radius 3 is 2.24 bits per heavy atom. The summed E-state index contributed by atoms with van der Waals surface area (Å²) in [4.78, 5) is 11.4. The molecule has 3 unspecified atom stereocenters. The highest BCUT2D eigenvalue weighted by atomic mass is 32.2. The molecule has 1 fully saturated rings. The maximum atomic E-state index is 13.1. The Bertz CT molecular complexity index is 561. The average molecular weight is 390 g/mol. The molecule has 1 aliphatic carbocycles. The predicted molar refractivity (Wildman–Crippen MR) is 81.2 cm³/mol. The molecule has 1 aliphatic rings. The van der Waals surface area contributed by atoms with Crippen molar-refractivity contribution < 1.29 is 46.2 Å². The van der Waals surface area contributed by atoms with Crippen LogP contribution in [-0.4, -0.2) is 59.0 Å². The molecular weight excluding hydrogens is 366 g/mol. The first-order chi connectivity index (χ1) is 11.4. The second-order valence-electron chi connectivity index (χ2n) is 6.20. The van der Waals surface area contributed by atoms with E-state index in [2.05, 4.69) is 4.74 Å². The van der Waals surface area contributed by atoms with Crippen LogP contribution in [0.2, 0.25) is 0 Å². The molecular formula is C14H24F2O8S. The molecule has 0 heterocycles. The molecule has 0 radical (unpaired) electrons. The van der Waals surface area contributed by atoms with E-state index in [0.29, 0.717) is 25.7 Å². The standard InChI is InChI=1S/C14H24F2O8S/c1-3-13(19,4-2)7-9-5-6-10(9)23-8-11(17)24-12(18)14(15,16)25(20,21)22/h9-10,12,18-19H,3-8H2,1-2H3,(H,20,21,22). The van der Waals surface area contributed by atoms with Crippen molar-refractivity contribution in [1.82, 2.24) is 0 Å². The van der Waals surface area contributed by atoms with Gasteiger partial charge < -0.3 is 19.7 Å². The molecule has 0 aliphatic heterocycles. The number of halogens is 2. The molecule has 3 N–H and O–H groups in total. The average Bonchev–Trinajstić information content (AvgIpc) is 2.50. The Kier molecular flexibility index (Phi) is 7.28. The van der Waals surface area contributed by atoms with Crippen molar-refractivity contribution >= 4 is 16.1 Å². The van der Waals surface area contributed by atoms with Gasteiger partial charge in [-0.05, 0) is 38.0 Å². The van der Waals surface area contributed by atoms with Crippen LogP contribution < -0.4 is 0 Å². The third-order valence-electron chi connectivity index (χ3n) is 4.60. The van der Waals surface area contributed by atoms with E-state index in [1.807, 2.05) is 13.8 Å². The van der Waals surface area contributed by atoms with E-state index in [-0.39, 0.29) is 12.0 Å². The van der Waals surface area contributed by atoms with Crippen LogP contribution >= 0.6 is 0 Å². The fraction of sp³-hybridized carbons (Fsp3) is 0.929. The van der Waals surface area contributed by atoms with E-state index >= 15 is 0 Å². The van der Waals surface area contributed by atoms with E-state index in [4.69, 9.17) is 14.4 Å². The number of carbonyl (C=O) groups excluding carboxylic acids is 1. The zero-order valence-corrected chi connectivity index (χ0v) is 14.8. The van der Waals surface area contributed by atoms with Crippen molar-refractivity contribution in [3.05, 3.63) is 0 Å². The van der Waals surface area contributed by atoms with Crippen molar-refractivity contribution in [1.29, 1.82) is 0 Å². The first kappa shape index (κ1) is 22.2. The normalized spacial score (nSPS) is 23.0. The highest BCUT2D eigenvalue weighted by Crippen LogP contribution is 2.38. The predicted octanol–water partition coefficient (Wildman–Crippen LogP) is 1.06. The number of hydrogen-bond acceptors (Lipinski definition) is 7. The van der Waals surface area contributed by atoms with Gasteiger partial charge in [-0.15, -0.1) is 0 Å². The maximum Gasteiger partial charge on any atom is 0.430 e. The molecule has 0 aromatic heterocycles. The summed E-state index contributed by atoms with van der Waals surface area (Å²) in [6, 6.07) is 0. The van der Waals surface area contributed by atoms with Gasteiger partial charge in [0, 0.05) is 0 Å². The monoisotopic (exact) mass is 390 g/mol. The number of alkyl halides is 2. The molecule has 25 heavy (non-hydrogen) atoms. The van der Waals surface area contributed by atoms with Crippen molar-refractivity contribution in [2.45, 2.75) is 69.2 Å². The lowest BCUT2D eigenvalue weighted by atomic mass is 9.73. The summed E-state index contributed by atoms with van der Waals surface area (Å²) < 4.78 is 64.4. The van der Waals surface area contributed by atoms with Crippen molar-refractivity contribution in [2.24, 2.45) is 5.92 Å². The molecule has 0 amide bonds. The van der Waals surface area contributed by atoms with Crippen LogP contribution in [0.4, 0.5) is 8.78 Å². The van der Waals surface area contributed by atoms with Crippen LogP contribution in [0.25, 0.3) is 0 Å². The van der Waals surface area contributed by atoms with Crippen molar-refractivity contribution in [3.8, 4) is 0 Å². The Hall–Kier alpha value is -0.880. The number of carbonyl (C=O) groups is 1. The second kappa shape index (κ2) is 8.21. The van der Waals surface area contributed by atoms with Gasteiger partial charge in [-0.25, -0.2) is 4.79 Å². The maximum absolute atomic E-state index is 13.1. The lowest BCUT2D eigenvalue weighted by Crippen LogP contribution is -2.45. The molecule has 11 heteroatoms. The topological polar surface area (TPSA) is 130 Å². The zero-order valence-electron chi connectivity index (χ0n) is 14.0. The van der Waals surface area contributed by atoms with Crippen LogP contribution in [0.3, 0.4) is 0 Å². The van der Waals surface area contributed by atoms with E-state index in [1.165, 1.54) is 0 Å². The Labute approximate surface area is 144 Å². The number of hydrogen-bond donors (Lipinski definition) is 3. The number of aliphatic hydroxyl groups is 2. The summed E-state index contributed by atoms with van der Waals surface area (Å²) in [7, 11) is -5.94. The molecule has 8 nitrogen and oxygen atoms in total. The fourth-order valence-corrected chi connectivity index (χ4v) is 2.85. The van der Waals surface area contributed by atoms with Crippen molar-refractivity contribution in [2.75, 3.05) is 6.61 Å². The lowest BCUT2D eigenvalue weighted by molar-refractivity contribution is -0.211. The third-order valence-corrected chi connectivity index (χ3v) is 5.49. The summed E-state index contributed by atoms with van der Waals surface area (Å²) in [5.74, 6) is -1.40. The molecule has 0 aromatic rings. The van der Waals surface area contributed by atoms with Gasteiger partial charge in [-0.1, -0.05) is 13.8 Å². The molecule has 0 saturated heterocycles. The van der Waals surface area contributed by atoms with Gasteiger partial charge in [0.15, 0.2) is 0 Å². The van der Waals surface area contributed by atoms with Gasteiger partial charge in [0.25, 0.3) is 6.29 Å². The second-order valence-corrected chi connectivity index (χ2v) is 7.70. The number of aliphatic hydroxyl groups excluding tert-OH is 1. The van der Waals surface area contributed by atoms with Gasteiger partial charge in [0.05, 0.1) is 11.7 Å². The summed E-state index contributed by atoms with van der Waals surface area (Å²) in [6.07, 6.45) is -0.713. The van der Waals surface area contributed by atoms with Gasteiger partial charge in [-0.2, -0.15) is 17.2 Å². The summed E-state index contributed by atoms with van der Waals surface area (Å²) >= 11 is 0. The molecule has 0 spiro atoms. The van der Waals surface area contributed by atoms with Crippen LogP contribution in [0.5, 0.6) is 0 Å². The van der Waals surface area contributed by atoms with E-state index in [1.54, 1.807) is 0 Å². The van der Waals surface area contributed by atoms with Crippen molar-refractivity contribution in [3.63, 3.8) is 0 Å². The summed E-state index contributed by atoms with van der Waals surface area (Å²) in [5, 5.41) is 14.2. The van der Waals surface area contributed by atoms with E-state index < -0.39 is 39.8 Å². The van der Waals surface area contributed by atoms with E-state index in [9.17, 15) is 27.1 Å². The first-order valence-electron chi connectivity index (χ1n) is 7.92. The molecule has 0 aromatic carbocycles.